The molecule has 0 saturated heterocycles. The second-order valence-corrected chi connectivity index (χ2v) is 5.78. The maximum Gasteiger partial charge on any atom is 0.243 e. The summed E-state index contributed by atoms with van der Waals surface area (Å²) < 4.78 is 39.9. The third kappa shape index (κ3) is 3.40. The van der Waals surface area contributed by atoms with Crippen LogP contribution in [0, 0.1) is 5.82 Å². The first-order valence-corrected chi connectivity index (χ1v) is 7.24. The standard InChI is InChI=1S/C11H15ClFNO2S/c1-3-8(4-2)14-17(15,16)10-7-5-6-9(12)11(10)13/h5-8,14H,3-4H2,1-2H3. The first-order chi connectivity index (χ1) is 7.92. The zero-order valence-corrected chi connectivity index (χ0v) is 11.3. The average Bonchev–Trinajstić information content (AvgIpc) is 2.29. The smallest absolute Gasteiger partial charge is 0.208 e. The van der Waals surface area contributed by atoms with Crippen molar-refractivity contribution in [2.45, 2.75) is 37.6 Å². The molecular formula is C11H15ClFNO2S. The minimum absolute atomic E-state index is 0.196. The Kier molecular flexibility index (Phi) is 4.91. The van der Waals surface area contributed by atoms with Crippen LogP contribution in [0.4, 0.5) is 4.39 Å². The van der Waals surface area contributed by atoms with E-state index in [0.717, 1.165) is 0 Å². The molecule has 0 bridgehead atoms. The van der Waals surface area contributed by atoms with Crippen LogP contribution >= 0.6 is 11.6 Å². The van der Waals surface area contributed by atoms with E-state index in [1.54, 1.807) is 0 Å². The normalized spacial score (nSPS) is 12.1. The van der Waals surface area contributed by atoms with E-state index in [2.05, 4.69) is 4.72 Å². The predicted molar refractivity (Wildman–Crippen MR) is 66.1 cm³/mol. The molecule has 0 aliphatic carbocycles. The van der Waals surface area contributed by atoms with Crippen LogP contribution in [0.1, 0.15) is 26.7 Å². The molecule has 6 heteroatoms. The van der Waals surface area contributed by atoms with Crippen molar-refractivity contribution >= 4 is 21.6 Å². The predicted octanol–water partition coefficient (Wildman–Crippen LogP) is 2.95. The number of hydrogen-bond donors (Lipinski definition) is 1. The van der Waals surface area contributed by atoms with E-state index >= 15 is 0 Å². The van der Waals surface area contributed by atoms with Gasteiger partial charge < -0.3 is 0 Å². The summed E-state index contributed by atoms with van der Waals surface area (Å²) in [6, 6.07) is 3.73. The quantitative estimate of drug-likeness (QED) is 0.901. The second kappa shape index (κ2) is 5.80. The van der Waals surface area contributed by atoms with Crippen LogP contribution in [0.5, 0.6) is 0 Å². The van der Waals surface area contributed by atoms with E-state index < -0.39 is 20.7 Å². The molecule has 3 nitrogen and oxygen atoms in total. The zero-order valence-electron chi connectivity index (χ0n) is 9.70. The van der Waals surface area contributed by atoms with Gasteiger partial charge in [-0.2, -0.15) is 0 Å². The van der Waals surface area contributed by atoms with Crippen LogP contribution in [0.3, 0.4) is 0 Å². The molecule has 0 saturated carbocycles. The Bertz CT molecular complexity index is 486. The SMILES string of the molecule is CCC(CC)NS(=O)(=O)c1cccc(Cl)c1F. The number of nitrogens with one attached hydrogen (secondary N) is 1. The molecule has 1 rings (SSSR count). The highest BCUT2D eigenvalue weighted by Crippen LogP contribution is 2.22. The van der Waals surface area contributed by atoms with Crippen molar-refractivity contribution in [1.29, 1.82) is 0 Å². The Morgan fingerprint density at radius 1 is 1.35 bits per heavy atom. The van der Waals surface area contributed by atoms with Crippen molar-refractivity contribution in [2.24, 2.45) is 0 Å². The molecule has 1 aromatic rings. The average molecular weight is 280 g/mol. The Hall–Kier alpha value is -0.650. The zero-order chi connectivity index (χ0) is 13.1. The summed E-state index contributed by atoms with van der Waals surface area (Å²) in [4.78, 5) is -0.406. The summed E-state index contributed by atoms with van der Waals surface area (Å²) in [5, 5.41) is -0.197. The Morgan fingerprint density at radius 3 is 2.47 bits per heavy atom. The van der Waals surface area contributed by atoms with E-state index in [1.165, 1.54) is 18.2 Å². The van der Waals surface area contributed by atoms with Crippen LogP contribution in [-0.2, 0) is 10.0 Å². The van der Waals surface area contributed by atoms with Gasteiger partial charge in [-0.3, -0.25) is 0 Å². The first-order valence-electron chi connectivity index (χ1n) is 5.38. The lowest BCUT2D eigenvalue weighted by atomic mass is 10.2. The molecule has 0 spiro atoms. The van der Waals surface area contributed by atoms with Crippen LogP contribution in [0.25, 0.3) is 0 Å². The lowest BCUT2D eigenvalue weighted by Crippen LogP contribution is -2.34. The second-order valence-electron chi connectivity index (χ2n) is 3.69. The first kappa shape index (κ1) is 14.4. The summed E-state index contributed by atoms with van der Waals surface area (Å²) in [7, 11) is -3.85. The van der Waals surface area contributed by atoms with Crippen LogP contribution in [0.2, 0.25) is 5.02 Å². The molecule has 0 aliphatic rings. The van der Waals surface area contributed by atoms with Gasteiger partial charge in [0.2, 0.25) is 10.0 Å². The van der Waals surface area contributed by atoms with Crippen molar-refractivity contribution in [3.63, 3.8) is 0 Å². The van der Waals surface area contributed by atoms with Gasteiger partial charge in [-0.1, -0.05) is 31.5 Å². The maximum absolute atomic E-state index is 13.6. The van der Waals surface area contributed by atoms with Crippen LogP contribution in [-0.4, -0.2) is 14.5 Å². The lowest BCUT2D eigenvalue weighted by molar-refractivity contribution is 0.520. The van der Waals surface area contributed by atoms with Gasteiger partial charge in [-0.05, 0) is 25.0 Å². The molecule has 0 atom stereocenters. The highest BCUT2D eigenvalue weighted by Gasteiger charge is 2.22. The molecule has 1 aromatic carbocycles. The van der Waals surface area contributed by atoms with Crippen molar-refractivity contribution < 1.29 is 12.8 Å². The number of rotatable bonds is 5. The third-order valence-electron chi connectivity index (χ3n) is 2.51. The monoisotopic (exact) mass is 279 g/mol. The molecule has 0 unspecified atom stereocenters. The van der Waals surface area contributed by atoms with E-state index in [4.69, 9.17) is 11.6 Å². The molecule has 17 heavy (non-hydrogen) atoms. The molecule has 1 N–H and O–H groups in total. The van der Waals surface area contributed by atoms with Gasteiger partial charge in [0, 0.05) is 6.04 Å². The number of hydrogen-bond acceptors (Lipinski definition) is 2. The highest BCUT2D eigenvalue weighted by molar-refractivity contribution is 7.89. The third-order valence-corrected chi connectivity index (χ3v) is 4.34. The fourth-order valence-electron chi connectivity index (χ4n) is 1.43. The van der Waals surface area contributed by atoms with Gasteiger partial charge in [0.05, 0.1) is 5.02 Å². The number of sulfonamides is 1. The fraction of sp³-hybridized carbons (Fsp3) is 0.455. The topological polar surface area (TPSA) is 46.2 Å². The molecule has 96 valence electrons. The summed E-state index contributed by atoms with van der Waals surface area (Å²) in [5.74, 6) is -0.910. The fourth-order valence-corrected chi connectivity index (χ4v) is 3.16. The van der Waals surface area contributed by atoms with Gasteiger partial charge in [0.15, 0.2) is 5.82 Å². The Balaban J connectivity index is 3.09. The van der Waals surface area contributed by atoms with Crippen LogP contribution in [0.15, 0.2) is 23.1 Å². The molecule has 0 aliphatic heterocycles. The van der Waals surface area contributed by atoms with Gasteiger partial charge in [-0.25, -0.2) is 17.5 Å². The van der Waals surface area contributed by atoms with Gasteiger partial charge in [-0.15, -0.1) is 0 Å². The summed E-state index contributed by atoms with van der Waals surface area (Å²) in [5.41, 5.74) is 0. The molecule has 0 aromatic heterocycles. The minimum Gasteiger partial charge on any atom is -0.208 e. The van der Waals surface area contributed by atoms with Gasteiger partial charge in [0.1, 0.15) is 4.90 Å². The Labute approximate surface area is 106 Å². The van der Waals surface area contributed by atoms with Gasteiger partial charge in [0.25, 0.3) is 0 Å². The summed E-state index contributed by atoms with van der Waals surface area (Å²) in [6.45, 7) is 3.73. The summed E-state index contributed by atoms with van der Waals surface area (Å²) in [6.07, 6.45) is 1.30. The molecule has 0 amide bonds. The number of benzene rings is 1. The van der Waals surface area contributed by atoms with E-state index in [1.807, 2.05) is 13.8 Å². The van der Waals surface area contributed by atoms with Crippen molar-refractivity contribution in [2.75, 3.05) is 0 Å². The highest BCUT2D eigenvalue weighted by atomic mass is 35.5. The number of halogens is 2. The van der Waals surface area contributed by atoms with Crippen LogP contribution < -0.4 is 4.72 Å². The van der Waals surface area contributed by atoms with Crippen molar-refractivity contribution in [3.05, 3.63) is 29.0 Å². The van der Waals surface area contributed by atoms with E-state index in [-0.39, 0.29) is 11.1 Å². The van der Waals surface area contributed by atoms with Crippen molar-refractivity contribution in [1.82, 2.24) is 4.72 Å². The largest absolute Gasteiger partial charge is 0.243 e. The lowest BCUT2D eigenvalue weighted by Gasteiger charge is -2.15. The maximum atomic E-state index is 13.6. The molecule has 0 fully saturated rings. The van der Waals surface area contributed by atoms with E-state index in [0.29, 0.717) is 12.8 Å². The summed E-state index contributed by atoms with van der Waals surface area (Å²) >= 11 is 5.56. The van der Waals surface area contributed by atoms with E-state index in [9.17, 15) is 12.8 Å². The molecule has 0 heterocycles. The minimum atomic E-state index is -3.85. The molecular weight excluding hydrogens is 265 g/mol. The Morgan fingerprint density at radius 2 is 1.94 bits per heavy atom. The van der Waals surface area contributed by atoms with Crippen molar-refractivity contribution in [3.8, 4) is 0 Å². The van der Waals surface area contributed by atoms with Gasteiger partial charge >= 0.3 is 0 Å². The molecule has 0 radical (unpaired) electrons.